The van der Waals surface area contributed by atoms with Crippen LogP contribution in [0.4, 0.5) is 0 Å². The Morgan fingerprint density at radius 3 is 1.79 bits per heavy atom. The third kappa shape index (κ3) is 9.28. The minimum absolute atomic E-state index is 0.0524. The molecule has 0 rings (SSSR count). The molecule has 3 atom stereocenters. The molecule has 0 aliphatic heterocycles. The Labute approximate surface area is 172 Å². The van der Waals surface area contributed by atoms with Crippen molar-refractivity contribution in [2.75, 3.05) is 14.2 Å². The van der Waals surface area contributed by atoms with Crippen LogP contribution in [0.2, 0.25) is 0 Å². The fourth-order valence-electron chi connectivity index (χ4n) is 3.93. The maximum Gasteiger partial charge on any atom is 0.311 e. The lowest BCUT2D eigenvalue weighted by atomic mass is 9.67. The van der Waals surface area contributed by atoms with E-state index in [0.29, 0.717) is 19.3 Å². The van der Waals surface area contributed by atoms with Gasteiger partial charge in [0.1, 0.15) is 0 Å². The third-order valence-corrected chi connectivity index (χ3v) is 5.43. The molecule has 0 aromatic rings. The predicted octanol–water partition coefficient (Wildman–Crippen LogP) is 3.66. The van der Waals surface area contributed by atoms with Crippen molar-refractivity contribution in [3.05, 3.63) is 0 Å². The van der Waals surface area contributed by atoms with Crippen molar-refractivity contribution in [3.8, 4) is 0 Å². The van der Waals surface area contributed by atoms with Crippen LogP contribution in [-0.2, 0) is 28.7 Å². The molecule has 8 nitrogen and oxygen atoms in total. The third-order valence-electron chi connectivity index (χ3n) is 5.43. The summed E-state index contributed by atoms with van der Waals surface area (Å²) in [5.41, 5.74) is -2.10. The topological polar surface area (TPSA) is 127 Å². The number of aliphatic carboxylic acids is 2. The van der Waals surface area contributed by atoms with Gasteiger partial charge < -0.3 is 19.7 Å². The van der Waals surface area contributed by atoms with Gasteiger partial charge in [-0.1, -0.05) is 32.6 Å². The minimum Gasteiger partial charge on any atom is -0.481 e. The Hall–Kier alpha value is -2.12. The molecule has 0 bridgehead atoms. The predicted molar refractivity (Wildman–Crippen MR) is 106 cm³/mol. The average molecular weight is 417 g/mol. The van der Waals surface area contributed by atoms with Crippen LogP contribution >= 0.6 is 0 Å². The number of hydrogen-bond donors (Lipinski definition) is 2. The van der Waals surface area contributed by atoms with Gasteiger partial charge >= 0.3 is 23.9 Å². The zero-order chi connectivity index (χ0) is 22.7. The molecule has 0 aliphatic carbocycles. The van der Waals surface area contributed by atoms with Gasteiger partial charge in [-0.3, -0.25) is 19.2 Å². The van der Waals surface area contributed by atoms with Crippen molar-refractivity contribution in [2.24, 2.45) is 16.7 Å². The smallest absolute Gasteiger partial charge is 0.311 e. The van der Waals surface area contributed by atoms with E-state index < -0.39 is 40.6 Å². The molecular formula is C21H36O8. The van der Waals surface area contributed by atoms with Crippen LogP contribution in [-0.4, -0.2) is 48.3 Å². The molecule has 0 fully saturated rings. The SMILES string of the molecule is COC(=O)C(C)(CCCCCCCC(=O)O)CC(C)(CC(C)C(=O)O)C(=O)OC. The highest BCUT2D eigenvalue weighted by molar-refractivity contribution is 5.81. The molecule has 0 aromatic carbocycles. The Morgan fingerprint density at radius 2 is 1.31 bits per heavy atom. The summed E-state index contributed by atoms with van der Waals surface area (Å²) >= 11 is 0. The van der Waals surface area contributed by atoms with Crippen molar-refractivity contribution >= 4 is 23.9 Å². The van der Waals surface area contributed by atoms with Crippen LogP contribution in [0.25, 0.3) is 0 Å². The minimum atomic E-state index is -1.14. The van der Waals surface area contributed by atoms with E-state index in [2.05, 4.69) is 0 Å². The molecule has 2 N–H and O–H groups in total. The van der Waals surface area contributed by atoms with Crippen LogP contribution in [0.1, 0.15) is 78.6 Å². The monoisotopic (exact) mass is 416 g/mol. The highest BCUT2D eigenvalue weighted by Crippen LogP contribution is 2.43. The van der Waals surface area contributed by atoms with Gasteiger partial charge in [-0.2, -0.15) is 0 Å². The molecule has 0 radical (unpaired) electrons. The highest BCUT2D eigenvalue weighted by Gasteiger charge is 2.47. The van der Waals surface area contributed by atoms with Crippen LogP contribution < -0.4 is 0 Å². The molecule has 29 heavy (non-hydrogen) atoms. The molecule has 0 amide bonds. The number of methoxy groups -OCH3 is 2. The summed E-state index contributed by atoms with van der Waals surface area (Å²) in [5.74, 6) is -3.58. The Kier molecular flexibility index (Phi) is 11.5. The van der Waals surface area contributed by atoms with Crippen LogP contribution in [0.3, 0.4) is 0 Å². The molecule has 3 unspecified atom stereocenters. The molecule has 0 spiro atoms. The summed E-state index contributed by atoms with van der Waals surface area (Å²) < 4.78 is 9.89. The molecule has 168 valence electrons. The molecule has 0 aromatic heterocycles. The molecule has 8 heteroatoms. The average Bonchev–Trinajstić information content (AvgIpc) is 2.65. The van der Waals surface area contributed by atoms with Gasteiger partial charge in [-0.25, -0.2) is 0 Å². The van der Waals surface area contributed by atoms with Gasteiger partial charge in [0.05, 0.1) is 31.0 Å². The summed E-state index contributed by atoms with van der Waals surface area (Å²) in [4.78, 5) is 46.8. The van der Waals surface area contributed by atoms with E-state index in [1.165, 1.54) is 21.1 Å². The van der Waals surface area contributed by atoms with E-state index in [-0.39, 0.29) is 19.3 Å². The molecule has 0 saturated heterocycles. The summed E-state index contributed by atoms with van der Waals surface area (Å²) in [6, 6.07) is 0. The van der Waals surface area contributed by atoms with Gasteiger partial charge in [0.2, 0.25) is 0 Å². The first-order valence-corrected chi connectivity index (χ1v) is 10.0. The van der Waals surface area contributed by atoms with Gasteiger partial charge in [0.25, 0.3) is 0 Å². The number of esters is 2. The lowest BCUT2D eigenvalue weighted by Crippen LogP contribution is -2.41. The first kappa shape index (κ1) is 26.9. The standard InChI is InChI=1S/C21H36O8/c1-15(17(24)25)13-21(3,19(27)29-5)14-20(2,18(26)28-4)12-10-8-6-7-9-11-16(22)23/h15H,6-14H2,1-5H3,(H,22,23)(H,24,25). The van der Waals surface area contributed by atoms with Gasteiger partial charge in [-0.15, -0.1) is 0 Å². The number of carboxylic acids is 2. The maximum atomic E-state index is 12.5. The van der Waals surface area contributed by atoms with Crippen LogP contribution in [0, 0.1) is 16.7 Å². The lowest BCUT2D eigenvalue weighted by Gasteiger charge is -2.37. The second kappa shape index (κ2) is 12.4. The Balaban J connectivity index is 5.14. The Bertz CT molecular complexity index is 573. The summed E-state index contributed by atoms with van der Waals surface area (Å²) in [5, 5.41) is 17.9. The zero-order valence-corrected chi connectivity index (χ0v) is 18.3. The van der Waals surface area contributed by atoms with Crippen molar-refractivity contribution < 1.29 is 38.9 Å². The van der Waals surface area contributed by atoms with Crippen molar-refractivity contribution in [1.82, 2.24) is 0 Å². The normalized spacial score (nSPS) is 16.2. The number of carbonyl (C=O) groups is 4. The number of carboxylic acid groups (broad SMARTS) is 2. The van der Waals surface area contributed by atoms with Crippen molar-refractivity contribution in [2.45, 2.75) is 78.6 Å². The van der Waals surface area contributed by atoms with Gasteiger partial charge in [-0.05, 0) is 39.5 Å². The fourth-order valence-corrected chi connectivity index (χ4v) is 3.93. The lowest BCUT2D eigenvalue weighted by molar-refractivity contribution is -0.162. The van der Waals surface area contributed by atoms with Crippen molar-refractivity contribution in [1.29, 1.82) is 0 Å². The van der Waals surface area contributed by atoms with Crippen molar-refractivity contribution in [3.63, 3.8) is 0 Å². The summed E-state index contributed by atoms with van der Waals surface area (Å²) in [6.45, 7) is 4.89. The van der Waals surface area contributed by atoms with Crippen LogP contribution in [0.15, 0.2) is 0 Å². The number of ether oxygens (including phenoxy) is 2. The maximum absolute atomic E-state index is 12.5. The molecule has 0 heterocycles. The number of rotatable bonds is 15. The second-order valence-corrected chi connectivity index (χ2v) is 8.39. The summed E-state index contributed by atoms with van der Waals surface area (Å²) in [7, 11) is 2.54. The largest absolute Gasteiger partial charge is 0.481 e. The van der Waals surface area contributed by atoms with Gasteiger partial charge in [0.15, 0.2) is 0 Å². The summed E-state index contributed by atoms with van der Waals surface area (Å²) in [6.07, 6.45) is 4.62. The highest BCUT2D eigenvalue weighted by atomic mass is 16.5. The van der Waals surface area contributed by atoms with Gasteiger partial charge in [0, 0.05) is 6.42 Å². The van der Waals surface area contributed by atoms with Crippen LogP contribution in [0.5, 0.6) is 0 Å². The number of carbonyl (C=O) groups excluding carboxylic acids is 2. The Morgan fingerprint density at radius 1 is 0.828 bits per heavy atom. The van der Waals surface area contributed by atoms with E-state index in [4.69, 9.17) is 14.6 Å². The van der Waals surface area contributed by atoms with E-state index >= 15 is 0 Å². The first-order valence-electron chi connectivity index (χ1n) is 10.0. The molecule has 0 saturated carbocycles. The van der Waals surface area contributed by atoms with E-state index in [1.54, 1.807) is 13.8 Å². The molecule has 0 aliphatic rings. The number of unbranched alkanes of at least 4 members (excludes halogenated alkanes) is 4. The fraction of sp³-hybridized carbons (Fsp3) is 0.810. The second-order valence-electron chi connectivity index (χ2n) is 8.39. The quantitative estimate of drug-likeness (QED) is 0.306. The molecular weight excluding hydrogens is 380 g/mol. The van der Waals surface area contributed by atoms with E-state index in [9.17, 15) is 24.3 Å². The van der Waals surface area contributed by atoms with E-state index in [0.717, 1.165) is 19.3 Å². The first-order chi connectivity index (χ1) is 13.4. The number of hydrogen-bond acceptors (Lipinski definition) is 6. The van der Waals surface area contributed by atoms with E-state index in [1.807, 2.05) is 0 Å². The zero-order valence-electron chi connectivity index (χ0n) is 18.3.